The SMILES string of the molecule is Cc1ccc(NC(=O)c2cc(Nc3ccc(Cl)cc3)nc(C)n2)c(C)c1. The van der Waals surface area contributed by atoms with E-state index >= 15 is 0 Å². The predicted molar refractivity (Wildman–Crippen MR) is 105 cm³/mol. The number of rotatable bonds is 4. The molecule has 3 aromatic rings. The first kappa shape index (κ1) is 17.9. The number of halogens is 1. The first-order valence-electron chi connectivity index (χ1n) is 8.17. The molecule has 26 heavy (non-hydrogen) atoms. The van der Waals surface area contributed by atoms with Gasteiger partial charge in [0.25, 0.3) is 5.91 Å². The molecule has 1 heterocycles. The molecular formula is C20H19ClN4O. The van der Waals surface area contributed by atoms with Crippen LogP contribution in [0.15, 0.2) is 48.5 Å². The van der Waals surface area contributed by atoms with Crippen molar-refractivity contribution in [2.24, 2.45) is 0 Å². The summed E-state index contributed by atoms with van der Waals surface area (Å²) in [4.78, 5) is 21.2. The fraction of sp³-hybridized carbons (Fsp3) is 0.150. The van der Waals surface area contributed by atoms with E-state index in [1.165, 1.54) is 0 Å². The van der Waals surface area contributed by atoms with E-state index in [0.29, 0.717) is 22.4 Å². The maximum atomic E-state index is 12.6. The number of carbonyl (C=O) groups excluding carboxylic acids is 1. The van der Waals surface area contributed by atoms with Crippen LogP contribution >= 0.6 is 11.6 Å². The number of carbonyl (C=O) groups is 1. The van der Waals surface area contributed by atoms with E-state index in [9.17, 15) is 4.79 Å². The number of nitrogens with one attached hydrogen (secondary N) is 2. The predicted octanol–water partition coefficient (Wildman–Crippen LogP) is 5.05. The number of nitrogens with zero attached hydrogens (tertiary/aromatic N) is 2. The van der Waals surface area contributed by atoms with Gasteiger partial charge in [0.15, 0.2) is 0 Å². The van der Waals surface area contributed by atoms with Gasteiger partial charge in [0.2, 0.25) is 0 Å². The van der Waals surface area contributed by atoms with Gasteiger partial charge in [-0.05, 0) is 56.7 Å². The number of hydrogen-bond acceptors (Lipinski definition) is 4. The molecular weight excluding hydrogens is 348 g/mol. The second-order valence-electron chi connectivity index (χ2n) is 6.09. The number of aromatic nitrogens is 2. The van der Waals surface area contributed by atoms with Crippen LogP contribution in [0.5, 0.6) is 0 Å². The molecule has 0 atom stereocenters. The minimum atomic E-state index is -0.276. The van der Waals surface area contributed by atoms with Crippen LogP contribution in [-0.4, -0.2) is 15.9 Å². The van der Waals surface area contributed by atoms with Crippen LogP contribution in [-0.2, 0) is 0 Å². The summed E-state index contributed by atoms with van der Waals surface area (Å²) in [6.07, 6.45) is 0. The maximum Gasteiger partial charge on any atom is 0.274 e. The third-order valence-corrected chi connectivity index (χ3v) is 4.07. The summed E-state index contributed by atoms with van der Waals surface area (Å²) < 4.78 is 0. The molecule has 132 valence electrons. The standard InChI is InChI=1S/C20H19ClN4O/c1-12-4-9-17(13(2)10-12)25-20(26)18-11-19(23-14(3)22-18)24-16-7-5-15(21)6-8-16/h4-11H,1-3H3,(H,25,26)(H,22,23,24). The number of benzene rings is 2. The molecule has 1 amide bonds. The Bertz CT molecular complexity index is 955. The van der Waals surface area contributed by atoms with Gasteiger partial charge < -0.3 is 10.6 Å². The molecule has 0 radical (unpaired) electrons. The zero-order chi connectivity index (χ0) is 18.7. The minimum Gasteiger partial charge on any atom is -0.340 e. The fourth-order valence-corrected chi connectivity index (χ4v) is 2.70. The van der Waals surface area contributed by atoms with Crippen molar-refractivity contribution in [3.05, 3.63) is 76.2 Å². The van der Waals surface area contributed by atoms with Crippen molar-refractivity contribution in [1.29, 1.82) is 0 Å². The van der Waals surface area contributed by atoms with Crippen LogP contribution in [0.2, 0.25) is 5.02 Å². The van der Waals surface area contributed by atoms with E-state index in [0.717, 1.165) is 22.5 Å². The van der Waals surface area contributed by atoms with Crippen LogP contribution in [0.3, 0.4) is 0 Å². The van der Waals surface area contributed by atoms with Crippen LogP contribution in [0.4, 0.5) is 17.2 Å². The molecule has 2 aromatic carbocycles. The van der Waals surface area contributed by atoms with E-state index < -0.39 is 0 Å². The van der Waals surface area contributed by atoms with Gasteiger partial charge in [-0.15, -0.1) is 0 Å². The Labute approximate surface area is 157 Å². The summed E-state index contributed by atoms with van der Waals surface area (Å²) >= 11 is 5.90. The summed E-state index contributed by atoms with van der Waals surface area (Å²) in [6.45, 7) is 5.73. The molecule has 3 rings (SSSR count). The van der Waals surface area contributed by atoms with Crippen LogP contribution in [0, 0.1) is 20.8 Å². The van der Waals surface area contributed by atoms with Crippen molar-refractivity contribution in [1.82, 2.24) is 9.97 Å². The Balaban J connectivity index is 1.82. The zero-order valence-electron chi connectivity index (χ0n) is 14.8. The Morgan fingerprint density at radius 3 is 2.38 bits per heavy atom. The van der Waals surface area contributed by atoms with Crippen molar-refractivity contribution in [2.75, 3.05) is 10.6 Å². The Morgan fingerprint density at radius 2 is 1.69 bits per heavy atom. The molecule has 0 saturated heterocycles. The number of amides is 1. The summed E-state index contributed by atoms with van der Waals surface area (Å²) in [7, 11) is 0. The van der Waals surface area contributed by atoms with Gasteiger partial charge in [0.1, 0.15) is 17.3 Å². The average Bonchev–Trinajstić information content (AvgIpc) is 2.59. The maximum absolute atomic E-state index is 12.6. The molecule has 6 heteroatoms. The monoisotopic (exact) mass is 366 g/mol. The molecule has 5 nitrogen and oxygen atoms in total. The molecule has 0 unspecified atom stereocenters. The lowest BCUT2D eigenvalue weighted by molar-refractivity contribution is 0.102. The van der Waals surface area contributed by atoms with Crippen molar-refractivity contribution in [3.8, 4) is 0 Å². The van der Waals surface area contributed by atoms with Crippen molar-refractivity contribution >= 4 is 34.7 Å². The molecule has 0 saturated carbocycles. The number of anilines is 3. The lowest BCUT2D eigenvalue weighted by atomic mass is 10.1. The largest absolute Gasteiger partial charge is 0.340 e. The number of hydrogen-bond donors (Lipinski definition) is 2. The van der Waals surface area contributed by atoms with Crippen LogP contribution in [0.25, 0.3) is 0 Å². The quantitative estimate of drug-likeness (QED) is 0.678. The summed E-state index contributed by atoms with van der Waals surface area (Å²) in [5.74, 6) is 0.780. The molecule has 0 fully saturated rings. The van der Waals surface area contributed by atoms with Gasteiger partial charge in [-0.3, -0.25) is 4.79 Å². The van der Waals surface area contributed by atoms with Crippen molar-refractivity contribution in [2.45, 2.75) is 20.8 Å². The van der Waals surface area contributed by atoms with Gasteiger partial charge in [-0.1, -0.05) is 29.3 Å². The molecule has 0 aliphatic heterocycles. The highest BCUT2D eigenvalue weighted by Crippen LogP contribution is 2.20. The molecule has 0 bridgehead atoms. The van der Waals surface area contributed by atoms with E-state index in [4.69, 9.17) is 11.6 Å². The summed E-state index contributed by atoms with van der Waals surface area (Å²) in [6, 6.07) is 14.8. The van der Waals surface area contributed by atoms with Crippen LogP contribution in [0.1, 0.15) is 27.4 Å². The van der Waals surface area contributed by atoms with Crippen molar-refractivity contribution in [3.63, 3.8) is 0 Å². The van der Waals surface area contributed by atoms with Crippen LogP contribution < -0.4 is 10.6 Å². The lowest BCUT2D eigenvalue weighted by Crippen LogP contribution is -2.16. The summed E-state index contributed by atoms with van der Waals surface area (Å²) in [5.41, 5.74) is 4.04. The topological polar surface area (TPSA) is 66.9 Å². The molecule has 0 aliphatic rings. The fourth-order valence-electron chi connectivity index (χ4n) is 2.57. The van der Waals surface area contributed by atoms with Gasteiger partial charge in [0, 0.05) is 22.5 Å². The second kappa shape index (κ2) is 7.54. The molecule has 0 aliphatic carbocycles. The second-order valence-corrected chi connectivity index (χ2v) is 6.53. The Hall–Kier alpha value is -2.92. The molecule has 1 aromatic heterocycles. The van der Waals surface area contributed by atoms with Crippen molar-refractivity contribution < 1.29 is 4.79 Å². The van der Waals surface area contributed by atoms with E-state index in [1.54, 1.807) is 25.1 Å². The van der Waals surface area contributed by atoms with Gasteiger partial charge in [-0.2, -0.15) is 0 Å². The van der Waals surface area contributed by atoms with Gasteiger partial charge >= 0.3 is 0 Å². The third kappa shape index (κ3) is 4.37. The third-order valence-electron chi connectivity index (χ3n) is 3.82. The zero-order valence-corrected chi connectivity index (χ0v) is 15.6. The molecule has 0 spiro atoms. The van der Waals surface area contributed by atoms with Gasteiger partial charge in [-0.25, -0.2) is 9.97 Å². The Kier molecular flexibility index (Phi) is 5.19. The highest BCUT2D eigenvalue weighted by Gasteiger charge is 2.12. The minimum absolute atomic E-state index is 0.276. The highest BCUT2D eigenvalue weighted by molar-refractivity contribution is 6.30. The van der Waals surface area contributed by atoms with E-state index in [2.05, 4.69) is 20.6 Å². The first-order valence-corrected chi connectivity index (χ1v) is 8.55. The normalized spacial score (nSPS) is 10.5. The van der Waals surface area contributed by atoms with Gasteiger partial charge in [0.05, 0.1) is 0 Å². The lowest BCUT2D eigenvalue weighted by Gasteiger charge is -2.11. The summed E-state index contributed by atoms with van der Waals surface area (Å²) in [5, 5.41) is 6.72. The molecule has 2 N–H and O–H groups in total. The number of aryl methyl sites for hydroxylation is 3. The van der Waals surface area contributed by atoms with E-state index in [-0.39, 0.29) is 5.91 Å². The Morgan fingerprint density at radius 1 is 0.962 bits per heavy atom. The first-order chi connectivity index (χ1) is 12.4. The van der Waals surface area contributed by atoms with E-state index in [1.807, 2.05) is 44.2 Å². The smallest absolute Gasteiger partial charge is 0.274 e. The highest BCUT2D eigenvalue weighted by atomic mass is 35.5. The average molecular weight is 367 g/mol.